The van der Waals surface area contributed by atoms with E-state index >= 15 is 0 Å². The number of rotatable bonds is 6. The van der Waals surface area contributed by atoms with E-state index in [9.17, 15) is 14.7 Å². The van der Waals surface area contributed by atoms with E-state index in [1.54, 1.807) is 30.2 Å². The van der Waals surface area contributed by atoms with E-state index < -0.39 is 17.7 Å². The molecule has 1 aromatic carbocycles. The predicted molar refractivity (Wildman–Crippen MR) is 110 cm³/mol. The monoisotopic (exact) mass is 400 g/mol. The zero-order chi connectivity index (χ0) is 20.4. The minimum absolute atomic E-state index is 0.138. The fourth-order valence-electron chi connectivity index (χ4n) is 3.33. The predicted octanol–water partition coefficient (Wildman–Crippen LogP) is 3.05. The molecule has 0 spiro atoms. The lowest BCUT2D eigenvalue weighted by Gasteiger charge is -2.25. The Morgan fingerprint density at radius 2 is 2.04 bits per heavy atom. The number of methoxy groups -OCH3 is 1. The van der Waals surface area contributed by atoms with Crippen molar-refractivity contribution in [2.24, 2.45) is 0 Å². The second kappa shape index (κ2) is 8.16. The number of aryl methyl sites for hydroxylation is 1. The van der Waals surface area contributed by atoms with Crippen LogP contribution in [0, 0.1) is 6.92 Å². The molecule has 7 heteroatoms. The quantitative estimate of drug-likeness (QED) is 0.459. The van der Waals surface area contributed by atoms with Crippen LogP contribution in [-0.2, 0) is 9.59 Å². The third-order valence-electron chi connectivity index (χ3n) is 4.83. The molecule has 1 aliphatic heterocycles. The van der Waals surface area contributed by atoms with Gasteiger partial charge in [0.05, 0.1) is 18.7 Å². The Labute approximate surface area is 168 Å². The summed E-state index contributed by atoms with van der Waals surface area (Å²) in [5.74, 6) is -0.711. The van der Waals surface area contributed by atoms with Crippen molar-refractivity contribution in [1.29, 1.82) is 0 Å². The van der Waals surface area contributed by atoms with E-state index in [1.807, 2.05) is 43.4 Å². The number of carbonyl (C=O) groups excluding carboxylic acids is 2. The molecule has 28 heavy (non-hydrogen) atoms. The third kappa shape index (κ3) is 3.68. The van der Waals surface area contributed by atoms with Crippen LogP contribution in [0.3, 0.4) is 0 Å². The third-order valence-corrected chi connectivity index (χ3v) is 5.75. The molecule has 2 aromatic rings. The van der Waals surface area contributed by atoms with Crippen LogP contribution >= 0.6 is 11.3 Å². The lowest BCUT2D eigenvalue weighted by molar-refractivity contribution is -0.140. The summed E-state index contributed by atoms with van der Waals surface area (Å²) >= 11 is 1.46. The smallest absolute Gasteiger partial charge is 0.295 e. The molecule has 0 radical (unpaired) electrons. The highest BCUT2D eigenvalue weighted by molar-refractivity contribution is 7.10. The van der Waals surface area contributed by atoms with E-state index in [0.717, 1.165) is 10.4 Å². The number of ketones is 1. The summed E-state index contributed by atoms with van der Waals surface area (Å²) in [6.07, 6.45) is 0. The first kappa shape index (κ1) is 20.1. The molecule has 1 aromatic heterocycles. The largest absolute Gasteiger partial charge is 0.507 e. The average Bonchev–Trinajstić information content (AvgIpc) is 3.27. The summed E-state index contributed by atoms with van der Waals surface area (Å²) < 4.78 is 5.21. The van der Waals surface area contributed by atoms with Crippen molar-refractivity contribution in [3.05, 3.63) is 57.3 Å². The zero-order valence-corrected chi connectivity index (χ0v) is 17.2. The van der Waals surface area contributed by atoms with Gasteiger partial charge in [0.2, 0.25) is 0 Å². The fourth-order valence-corrected chi connectivity index (χ4v) is 4.18. The standard InChI is InChI=1S/C21H24N2O4S/c1-13-12-14(27-4)7-8-15(13)19(24)17-18(16-6-5-11-28-16)23(10-9-22(2)3)21(26)20(17)25/h5-8,11-12,18,24H,9-10H2,1-4H3/t18-/m0/s1. The first-order chi connectivity index (χ1) is 13.3. The summed E-state index contributed by atoms with van der Waals surface area (Å²) in [6, 6.07) is 8.41. The summed E-state index contributed by atoms with van der Waals surface area (Å²) in [5.41, 5.74) is 1.42. The number of likely N-dealkylation sites (N-methyl/N-ethyl adjacent to an activating group) is 1. The summed E-state index contributed by atoms with van der Waals surface area (Å²) in [7, 11) is 5.40. The highest BCUT2D eigenvalue weighted by Gasteiger charge is 2.46. The van der Waals surface area contributed by atoms with Gasteiger partial charge in [0.1, 0.15) is 11.5 Å². The van der Waals surface area contributed by atoms with Crippen LogP contribution in [0.1, 0.15) is 22.0 Å². The Hall–Kier alpha value is -2.64. The number of likely N-dealkylation sites (tertiary alicyclic amines) is 1. The van der Waals surface area contributed by atoms with Crippen molar-refractivity contribution < 1.29 is 19.4 Å². The molecule has 1 aliphatic rings. The second-order valence-corrected chi connectivity index (χ2v) is 7.97. The van der Waals surface area contributed by atoms with Gasteiger partial charge >= 0.3 is 0 Å². The van der Waals surface area contributed by atoms with Crippen LogP contribution in [0.15, 0.2) is 41.3 Å². The number of amides is 1. The van der Waals surface area contributed by atoms with Crippen molar-refractivity contribution in [3.63, 3.8) is 0 Å². The number of aliphatic hydroxyl groups excluding tert-OH is 1. The maximum atomic E-state index is 12.9. The van der Waals surface area contributed by atoms with Crippen molar-refractivity contribution in [2.45, 2.75) is 13.0 Å². The van der Waals surface area contributed by atoms with Gasteiger partial charge in [-0.15, -0.1) is 11.3 Å². The number of hydrogen-bond acceptors (Lipinski definition) is 6. The highest BCUT2D eigenvalue weighted by Crippen LogP contribution is 2.41. The number of Topliss-reactive ketones (excluding diaryl/α,β-unsaturated/α-hetero) is 1. The molecular formula is C21H24N2O4S. The molecule has 6 nitrogen and oxygen atoms in total. The molecule has 0 unspecified atom stereocenters. The normalized spacial score (nSPS) is 18.9. The van der Waals surface area contributed by atoms with Crippen molar-refractivity contribution in [2.75, 3.05) is 34.3 Å². The van der Waals surface area contributed by atoms with Gasteiger partial charge in [-0.3, -0.25) is 9.59 Å². The molecule has 0 bridgehead atoms. The zero-order valence-electron chi connectivity index (χ0n) is 16.4. The first-order valence-electron chi connectivity index (χ1n) is 8.96. The molecule has 2 heterocycles. The lowest BCUT2D eigenvalue weighted by atomic mass is 9.97. The summed E-state index contributed by atoms with van der Waals surface area (Å²) in [4.78, 5) is 30.0. The van der Waals surface area contributed by atoms with Gasteiger partial charge in [-0.2, -0.15) is 0 Å². The highest BCUT2D eigenvalue weighted by atomic mass is 32.1. The summed E-state index contributed by atoms with van der Waals surface area (Å²) in [6.45, 7) is 2.86. The van der Waals surface area contributed by atoms with Gasteiger partial charge < -0.3 is 19.6 Å². The van der Waals surface area contributed by atoms with E-state index in [0.29, 0.717) is 24.4 Å². The maximum absolute atomic E-state index is 12.9. The molecule has 1 amide bonds. The van der Waals surface area contributed by atoms with Crippen LogP contribution in [0.2, 0.25) is 0 Å². The Balaban J connectivity index is 2.12. The van der Waals surface area contributed by atoms with Crippen LogP contribution in [0.25, 0.3) is 5.76 Å². The van der Waals surface area contributed by atoms with Gasteiger partial charge in [0.25, 0.3) is 11.7 Å². The number of nitrogens with zero attached hydrogens (tertiary/aromatic N) is 2. The molecule has 0 aliphatic carbocycles. The SMILES string of the molecule is COc1ccc(C(O)=C2C(=O)C(=O)N(CCN(C)C)[C@H]2c2cccs2)c(C)c1. The molecule has 0 saturated carbocycles. The molecule has 1 N–H and O–H groups in total. The average molecular weight is 401 g/mol. The van der Waals surface area contributed by atoms with Gasteiger partial charge in [0, 0.05) is 23.5 Å². The van der Waals surface area contributed by atoms with Crippen LogP contribution in [0.5, 0.6) is 5.75 Å². The second-order valence-electron chi connectivity index (χ2n) is 6.99. The van der Waals surface area contributed by atoms with Gasteiger partial charge in [-0.1, -0.05) is 6.07 Å². The van der Waals surface area contributed by atoms with Gasteiger partial charge in [-0.05, 0) is 56.2 Å². The number of ether oxygens (including phenoxy) is 1. The van der Waals surface area contributed by atoms with E-state index in [-0.39, 0.29) is 11.3 Å². The van der Waals surface area contributed by atoms with Gasteiger partial charge in [0.15, 0.2) is 0 Å². The van der Waals surface area contributed by atoms with Crippen LogP contribution < -0.4 is 4.74 Å². The van der Waals surface area contributed by atoms with Crippen molar-refractivity contribution >= 4 is 28.8 Å². The molecule has 1 atom stereocenters. The molecule has 3 rings (SSSR count). The molecular weight excluding hydrogens is 376 g/mol. The summed E-state index contributed by atoms with van der Waals surface area (Å²) in [5, 5.41) is 13.0. The number of hydrogen-bond donors (Lipinski definition) is 1. The van der Waals surface area contributed by atoms with Crippen LogP contribution in [0.4, 0.5) is 0 Å². The number of benzene rings is 1. The Morgan fingerprint density at radius 3 is 2.61 bits per heavy atom. The first-order valence-corrected chi connectivity index (χ1v) is 9.84. The lowest BCUT2D eigenvalue weighted by Crippen LogP contribution is -2.35. The van der Waals surface area contributed by atoms with E-state index in [1.165, 1.54) is 11.3 Å². The Morgan fingerprint density at radius 1 is 1.29 bits per heavy atom. The van der Waals surface area contributed by atoms with Crippen molar-refractivity contribution in [1.82, 2.24) is 9.80 Å². The minimum Gasteiger partial charge on any atom is -0.507 e. The Kier molecular flexibility index (Phi) is 5.86. The van der Waals surface area contributed by atoms with Crippen LogP contribution in [-0.4, -0.2) is 60.9 Å². The molecule has 1 fully saturated rings. The van der Waals surface area contributed by atoms with E-state index in [2.05, 4.69) is 0 Å². The topological polar surface area (TPSA) is 70.1 Å². The number of carbonyl (C=O) groups is 2. The maximum Gasteiger partial charge on any atom is 0.295 e. The van der Waals surface area contributed by atoms with Crippen molar-refractivity contribution in [3.8, 4) is 5.75 Å². The Bertz CT molecular complexity index is 918. The number of aliphatic hydroxyl groups is 1. The molecule has 148 valence electrons. The number of thiophene rings is 1. The van der Waals surface area contributed by atoms with Gasteiger partial charge in [-0.25, -0.2) is 0 Å². The molecule has 1 saturated heterocycles. The fraction of sp³-hybridized carbons (Fsp3) is 0.333. The minimum atomic E-state index is -0.648. The van der Waals surface area contributed by atoms with E-state index in [4.69, 9.17) is 4.74 Å².